The molecule has 23 heavy (non-hydrogen) atoms. The molecule has 0 saturated heterocycles. The Labute approximate surface area is 135 Å². The molecule has 0 bridgehead atoms. The SMILES string of the molecule is NS(=O)(=O)O.OC(COc1ccccc1)COc1ccccc1. The molecule has 7 nitrogen and oxygen atoms in total. The van der Waals surface area contributed by atoms with Gasteiger partial charge in [-0.15, -0.1) is 0 Å². The molecule has 0 fully saturated rings. The molecule has 126 valence electrons. The third kappa shape index (κ3) is 11.1. The molecule has 0 amide bonds. The second kappa shape index (κ2) is 9.80. The summed E-state index contributed by atoms with van der Waals surface area (Å²) in [4.78, 5) is 0. The maximum Gasteiger partial charge on any atom is 0.330 e. The minimum Gasteiger partial charge on any atom is -0.491 e. The maximum atomic E-state index is 9.72. The Bertz CT molecular complexity index is 597. The molecular weight excluding hydrogens is 322 g/mol. The van der Waals surface area contributed by atoms with Crippen molar-refractivity contribution in [1.82, 2.24) is 0 Å². The zero-order chi connectivity index (χ0) is 17.1. The van der Waals surface area contributed by atoms with Gasteiger partial charge in [-0.3, -0.25) is 4.55 Å². The zero-order valence-electron chi connectivity index (χ0n) is 12.3. The fourth-order valence-corrected chi connectivity index (χ4v) is 1.47. The molecule has 0 aromatic heterocycles. The van der Waals surface area contributed by atoms with Gasteiger partial charge in [0.25, 0.3) is 0 Å². The summed E-state index contributed by atoms with van der Waals surface area (Å²) < 4.78 is 36.1. The van der Waals surface area contributed by atoms with Gasteiger partial charge < -0.3 is 14.6 Å². The highest BCUT2D eigenvalue weighted by Crippen LogP contribution is 2.10. The Balaban J connectivity index is 0.000000463. The second-order valence-corrected chi connectivity index (χ2v) is 5.45. The van der Waals surface area contributed by atoms with Crippen LogP contribution in [0.1, 0.15) is 0 Å². The largest absolute Gasteiger partial charge is 0.491 e. The van der Waals surface area contributed by atoms with Crippen LogP contribution in [-0.4, -0.2) is 37.4 Å². The molecule has 0 aliphatic heterocycles. The lowest BCUT2D eigenvalue weighted by Gasteiger charge is -2.13. The molecule has 2 rings (SSSR count). The first-order chi connectivity index (χ1) is 10.8. The number of benzene rings is 2. The lowest BCUT2D eigenvalue weighted by molar-refractivity contribution is 0.0626. The topological polar surface area (TPSA) is 119 Å². The number of rotatable bonds is 6. The summed E-state index contributed by atoms with van der Waals surface area (Å²) in [6.07, 6.45) is -0.648. The fourth-order valence-electron chi connectivity index (χ4n) is 1.47. The maximum absolute atomic E-state index is 9.72. The standard InChI is InChI=1S/C15H16O3.H3NO3S/c16-13(11-17-14-7-3-1-4-8-14)12-18-15-9-5-2-6-10-15;1-5(2,3)4/h1-10,13,16H,11-12H2;(H3,1,2,3,4). The first-order valence-electron chi connectivity index (χ1n) is 6.63. The van der Waals surface area contributed by atoms with E-state index in [1.807, 2.05) is 60.7 Å². The van der Waals surface area contributed by atoms with E-state index in [1.54, 1.807) is 0 Å². The van der Waals surface area contributed by atoms with Crippen molar-refractivity contribution in [3.05, 3.63) is 60.7 Å². The number of hydrogen-bond donors (Lipinski definition) is 3. The van der Waals surface area contributed by atoms with E-state index in [4.69, 9.17) is 22.4 Å². The van der Waals surface area contributed by atoms with Crippen LogP contribution in [0.5, 0.6) is 11.5 Å². The van der Waals surface area contributed by atoms with Gasteiger partial charge >= 0.3 is 10.3 Å². The third-order valence-corrected chi connectivity index (χ3v) is 2.37. The average Bonchev–Trinajstić information content (AvgIpc) is 2.51. The van der Waals surface area contributed by atoms with Crippen molar-refractivity contribution in [3.63, 3.8) is 0 Å². The molecule has 2 aromatic carbocycles. The van der Waals surface area contributed by atoms with Crippen molar-refractivity contribution >= 4 is 10.3 Å². The van der Waals surface area contributed by atoms with Crippen LogP contribution in [0, 0.1) is 0 Å². The summed E-state index contributed by atoms with van der Waals surface area (Å²) in [7, 11) is -4.17. The summed E-state index contributed by atoms with van der Waals surface area (Å²) in [6, 6.07) is 18.8. The second-order valence-electron chi connectivity index (χ2n) is 4.42. The van der Waals surface area contributed by atoms with E-state index in [2.05, 4.69) is 5.14 Å². The molecule has 0 radical (unpaired) electrons. The van der Waals surface area contributed by atoms with Crippen molar-refractivity contribution in [2.75, 3.05) is 13.2 Å². The molecule has 4 N–H and O–H groups in total. The van der Waals surface area contributed by atoms with Gasteiger partial charge in [-0.2, -0.15) is 8.42 Å². The van der Waals surface area contributed by atoms with Gasteiger partial charge in [-0.25, -0.2) is 5.14 Å². The Morgan fingerprint density at radius 1 is 0.870 bits per heavy atom. The lowest BCUT2D eigenvalue weighted by Crippen LogP contribution is -2.25. The minimum atomic E-state index is -4.17. The van der Waals surface area contributed by atoms with Gasteiger partial charge in [0.2, 0.25) is 0 Å². The van der Waals surface area contributed by atoms with Gasteiger partial charge in [0.15, 0.2) is 0 Å². The van der Waals surface area contributed by atoms with Crippen LogP contribution in [0.25, 0.3) is 0 Å². The lowest BCUT2D eigenvalue weighted by atomic mass is 10.3. The van der Waals surface area contributed by atoms with Crippen LogP contribution in [0.4, 0.5) is 0 Å². The molecule has 8 heteroatoms. The molecule has 0 spiro atoms. The summed E-state index contributed by atoms with van der Waals surface area (Å²) in [5.41, 5.74) is 0. The highest BCUT2D eigenvalue weighted by molar-refractivity contribution is 7.83. The average molecular weight is 341 g/mol. The van der Waals surface area contributed by atoms with Crippen molar-refractivity contribution in [2.45, 2.75) is 6.10 Å². The van der Waals surface area contributed by atoms with Crippen molar-refractivity contribution in [1.29, 1.82) is 0 Å². The van der Waals surface area contributed by atoms with E-state index in [0.717, 1.165) is 11.5 Å². The first-order valence-corrected chi connectivity index (χ1v) is 8.14. The quantitative estimate of drug-likeness (QED) is 0.680. The van der Waals surface area contributed by atoms with E-state index >= 15 is 0 Å². The van der Waals surface area contributed by atoms with Gasteiger partial charge in [0, 0.05) is 0 Å². The molecule has 0 saturated carbocycles. The van der Waals surface area contributed by atoms with Crippen molar-refractivity contribution in [3.8, 4) is 11.5 Å². The van der Waals surface area contributed by atoms with E-state index in [9.17, 15) is 5.11 Å². The molecule has 0 aliphatic rings. The molecule has 0 atom stereocenters. The molecule has 0 unspecified atom stereocenters. The summed E-state index contributed by atoms with van der Waals surface area (Å²) >= 11 is 0. The monoisotopic (exact) mass is 341 g/mol. The van der Waals surface area contributed by atoms with E-state index in [-0.39, 0.29) is 13.2 Å². The minimum absolute atomic E-state index is 0.219. The summed E-state index contributed by atoms with van der Waals surface area (Å²) in [5.74, 6) is 1.49. The van der Waals surface area contributed by atoms with Gasteiger partial charge in [0.05, 0.1) is 0 Å². The van der Waals surface area contributed by atoms with E-state index in [1.165, 1.54) is 0 Å². The van der Waals surface area contributed by atoms with Crippen LogP contribution < -0.4 is 14.6 Å². The number of ether oxygens (including phenoxy) is 2. The fraction of sp³-hybridized carbons (Fsp3) is 0.200. The van der Waals surface area contributed by atoms with E-state index in [0.29, 0.717) is 0 Å². The van der Waals surface area contributed by atoms with Crippen LogP contribution in [-0.2, 0) is 10.3 Å². The smallest absolute Gasteiger partial charge is 0.330 e. The molecule has 0 aliphatic carbocycles. The van der Waals surface area contributed by atoms with Crippen molar-refractivity contribution in [2.24, 2.45) is 5.14 Å². The van der Waals surface area contributed by atoms with Gasteiger partial charge in [0.1, 0.15) is 30.8 Å². The zero-order valence-corrected chi connectivity index (χ0v) is 13.1. The van der Waals surface area contributed by atoms with Crippen LogP contribution in [0.3, 0.4) is 0 Å². The normalized spacial score (nSPS) is 10.6. The molecular formula is C15H19NO6S. The molecule has 0 heterocycles. The highest BCUT2D eigenvalue weighted by atomic mass is 32.2. The predicted octanol–water partition coefficient (Wildman–Crippen LogP) is 1.25. The Hall–Kier alpha value is -2.13. The van der Waals surface area contributed by atoms with Crippen LogP contribution in [0.2, 0.25) is 0 Å². The third-order valence-electron chi connectivity index (χ3n) is 2.37. The van der Waals surface area contributed by atoms with Crippen molar-refractivity contribution < 1.29 is 27.6 Å². The highest BCUT2D eigenvalue weighted by Gasteiger charge is 2.06. The number of hydrogen-bond acceptors (Lipinski definition) is 5. The Morgan fingerprint density at radius 3 is 1.48 bits per heavy atom. The van der Waals surface area contributed by atoms with Crippen LogP contribution >= 0.6 is 0 Å². The van der Waals surface area contributed by atoms with Gasteiger partial charge in [-0.05, 0) is 24.3 Å². The number of aliphatic hydroxyl groups is 1. The first kappa shape index (κ1) is 18.9. The number of nitrogens with two attached hydrogens (primary N) is 1. The number of aliphatic hydroxyl groups excluding tert-OH is 1. The van der Waals surface area contributed by atoms with Crippen LogP contribution in [0.15, 0.2) is 60.7 Å². The Morgan fingerprint density at radius 2 is 1.17 bits per heavy atom. The predicted molar refractivity (Wildman–Crippen MR) is 85.6 cm³/mol. The Kier molecular flexibility index (Phi) is 8.06. The molecule has 2 aromatic rings. The summed E-state index contributed by atoms with van der Waals surface area (Å²) in [6.45, 7) is 0.438. The van der Waals surface area contributed by atoms with Gasteiger partial charge in [-0.1, -0.05) is 36.4 Å². The summed E-state index contributed by atoms with van der Waals surface area (Å²) in [5, 5.41) is 13.6. The van der Waals surface area contributed by atoms with E-state index < -0.39 is 16.4 Å². The number of para-hydroxylation sites is 2.